The summed E-state index contributed by atoms with van der Waals surface area (Å²) in [6.07, 6.45) is 5.78. The van der Waals surface area contributed by atoms with E-state index in [4.69, 9.17) is 9.84 Å². The van der Waals surface area contributed by atoms with Crippen molar-refractivity contribution >= 4 is 5.69 Å². The molecule has 1 aliphatic rings. The summed E-state index contributed by atoms with van der Waals surface area (Å²) in [5.74, 6) is 0.971. The van der Waals surface area contributed by atoms with Gasteiger partial charge in [0, 0.05) is 11.8 Å². The van der Waals surface area contributed by atoms with Crippen molar-refractivity contribution in [2.75, 3.05) is 18.5 Å². The zero-order chi connectivity index (χ0) is 14.7. The van der Waals surface area contributed by atoms with Gasteiger partial charge in [0.2, 0.25) is 0 Å². The van der Waals surface area contributed by atoms with Crippen LogP contribution in [-0.2, 0) is 6.54 Å². The zero-order valence-corrected chi connectivity index (χ0v) is 12.2. The Hall–Kier alpha value is -2.01. The second-order valence-corrected chi connectivity index (χ2v) is 5.44. The van der Waals surface area contributed by atoms with Crippen LogP contribution in [0.1, 0.15) is 30.0 Å². The third kappa shape index (κ3) is 3.19. The van der Waals surface area contributed by atoms with Crippen molar-refractivity contribution in [3.05, 3.63) is 41.7 Å². The Morgan fingerprint density at radius 3 is 3.24 bits per heavy atom. The van der Waals surface area contributed by atoms with Crippen molar-refractivity contribution in [1.82, 2.24) is 9.78 Å². The van der Waals surface area contributed by atoms with Gasteiger partial charge in [0.1, 0.15) is 5.75 Å². The predicted octanol–water partition coefficient (Wildman–Crippen LogP) is 2.51. The first-order valence-electron chi connectivity index (χ1n) is 7.39. The molecule has 1 aliphatic heterocycles. The maximum Gasteiger partial charge on any atom is 0.124 e. The van der Waals surface area contributed by atoms with Crippen LogP contribution in [0.2, 0.25) is 0 Å². The Morgan fingerprint density at radius 2 is 2.38 bits per heavy atom. The average molecular weight is 287 g/mol. The summed E-state index contributed by atoms with van der Waals surface area (Å²) in [5.41, 5.74) is 3.42. The fraction of sp³-hybridized carbons (Fsp3) is 0.438. The van der Waals surface area contributed by atoms with Crippen LogP contribution in [0.25, 0.3) is 0 Å². The number of rotatable bonds is 4. The summed E-state index contributed by atoms with van der Waals surface area (Å²) in [6, 6.07) is 6.56. The van der Waals surface area contributed by atoms with E-state index in [0.717, 1.165) is 30.9 Å². The minimum Gasteiger partial charge on any atom is -0.493 e. The zero-order valence-electron chi connectivity index (χ0n) is 12.2. The highest BCUT2D eigenvalue weighted by Crippen LogP contribution is 2.34. The molecule has 5 heteroatoms. The lowest BCUT2D eigenvalue weighted by Gasteiger charge is -2.19. The number of benzene rings is 1. The summed E-state index contributed by atoms with van der Waals surface area (Å²) >= 11 is 0. The lowest BCUT2D eigenvalue weighted by Crippen LogP contribution is -2.10. The normalized spacial score (nSPS) is 17.7. The molecule has 0 spiro atoms. The van der Waals surface area contributed by atoms with E-state index in [1.165, 1.54) is 11.1 Å². The number of ether oxygens (including phenoxy) is 1. The van der Waals surface area contributed by atoms with E-state index in [2.05, 4.69) is 35.5 Å². The number of aromatic nitrogens is 2. The number of hydrogen-bond donors (Lipinski definition) is 2. The number of aliphatic hydroxyl groups excluding tert-OH is 1. The fourth-order valence-corrected chi connectivity index (χ4v) is 2.71. The molecule has 2 aromatic rings. The molecule has 0 radical (unpaired) electrons. The van der Waals surface area contributed by atoms with Crippen molar-refractivity contribution in [3.63, 3.8) is 0 Å². The van der Waals surface area contributed by atoms with Crippen molar-refractivity contribution in [1.29, 1.82) is 0 Å². The number of aliphatic hydroxyl groups is 1. The maximum absolute atomic E-state index is 8.95. The van der Waals surface area contributed by atoms with Crippen LogP contribution < -0.4 is 10.1 Å². The summed E-state index contributed by atoms with van der Waals surface area (Å²) in [6.45, 7) is 3.48. The first kappa shape index (κ1) is 13.9. The molecule has 1 atom stereocenters. The van der Waals surface area contributed by atoms with Crippen molar-refractivity contribution in [3.8, 4) is 5.75 Å². The number of fused-ring (bicyclic) bond motifs is 1. The molecule has 0 saturated carbocycles. The van der Waals surface area contributed by atoms with Crippen molar-refractivity contribution < 1.29 is 9.84 Å². The van der Waals surface area contributed by atoms with Crippen LogP contribution in [-0.4, -0.2) is 28.1 Å². The molecule has 1 unspecified atom stereocenters. The van der Waals surface area contributed by atoms with Gasteiger partial charge < -0.3 is 15.2 Å². The topological polar surface area (TPSA) is 59.3 Å². The van der Waals surface area contributed by atoms with Crippen LogP contribution in [0.15, 0.2) is 30.6 Å². The molecule has 1 aromatic heterocycles. The minimum atomic E-state index is 0.0976. The standard InChI is InChI=1S/C16H21N3O2/c1-12-4-5-16-14(9-12)15(3-2-8-21-16)18-13-10-17-19(11-13)6-7-20/h4-5,9-11,15,18,20H,2-3,6-8H2,1H3. The molecule has 3 rings (SSSR count). The Balaban J connectivity index is 1.82. The first-order valence-corrected chi connectivity index (χ1v) is 7.39. The lowest BCUT2D eigenvalue weighted by atomic mass is 10.00. The molecule has 2 N–H and O–H groups in total. The lowest BCUT2D eigenvalue weighted by molar-refractivity contribution is 0.269. The van der Waals surface area contributed by atoms with E-state index in [1.54, 1.807) is 10.9 Å². The van der Waals surface area contributed by atoms with Gasteiger partial charge in [0.25, 0.3) is 0 Å². The predicted molar refractivity (Wildman–Crippen MR) is 81.6 cm³/mol. The Bertz CT molecular complexity index is 609. The molecule has 5 nitrogen and oxygen atoms in total. The van der Waals surface area contributed by atoms with Crippen molar-refractivity contribution in [2.24, 2.45) is 0 Å². The summed E-state index contributed by atoms with van der Waals surface area (Å²) < 4.78 is 7.56. The minimum absolute atomic E-state index is 0.0976. The van der Waals surface area contributed by atoms with Gasteiger partial charge in [-0.1, -0.05) is 17.7 Å². The van der Waals surface area contributed by atoms with Crippen molar-refractivity contribution in [2.45, 2.75) is 32.4 Å². The van der Waals surface area contributed by atoms with Gasteiger partial charge in [-0.25, -0.2) is 0 Å². The number of nitrogens with zero attached hydrogens (tertiary/aromatic N) is 2. The number of anilines is 1. The van der Waals surface area contributed by atoms with E-state index < -0.39 is 0 Å². The molecule has 21 heavy (non-hydrogen) atoms. The molecule has 112 valence electrons. The van der Waals surface area contributed by atoms with E-state index in [9.17, 15) is 0 Å². The average Bonchev–Trinajstić information content (AvgIpc) is 2.81. The van der Waals surface area contributed by atoms with Gasteiger partial charge in [-0.15, -0.1) is 0 Å². The van der Waals surface area contributed by atoms with Crippen LogP contribution in [0.5, 0.6) is 5.75 Å². The molecule has 0 saturated heterocycles. The Morgan fingerprint density at radius 1 is 1.48 bits per heavy atom. The van der Waals surface area contributed by atoms with Crippen LogP contribution in [0, 0.1) is 6.92 Å². The highest BCUT2D eigenvalue weighted by atomic mass is 16.5. The van der Waals surface area contributed by atoms with E-state index in [-0.39, 0.29) is 12.6 Å². The maximum atomic E-state index is 8.95. The molecule has 0 bridgehead atoms. The quantitative estimate of drug-likeness (QED) is 0.907. The second kappa shape index (κ2) is 6.18. The SMILES string of the molecule is Cc1ccc2c(c1)C(Nc1cnn(CCO)c1)CCCO2. The highest BCUT2D eigenvalue weighted by molar-refractivity contribution is 5.47. The number of aryl methyl sites for hydroxylation is 1. The number of nitrogens with one attached hydrogen (secondary N) is 1. The molecular weight excluding hydrogens is 266 g/mol. The molecule has 1 aromatic carbocycles. The van der Waals surface area contributed by atoms with Gasteiger partial charge in [0.05, 0.1) is 37.7 Å². The van der Waals surface area contributed by atoms with Crippen LogP contribution in [0.3, 0.4) is 0 Å². The fourth-order valence-electron chi connectivity index (χ4n) is 2.71. The van der Waals surface area contributed by atoms with Gasteiger partial charge in [-0.05, 0) is 25.8 Å². The van der Waals surface area contributed by atoms with E-state index in [1.807, 2.05) is 6.20 Å². The third-order valence-corrected chi connectivity index (χ3v) is 3.74. The molecule has 0 amide bonds. The smallest absolute Gasteiger partial charge is 0.124 e. The highest BCUT2D eigenvalue weighted by Gasteiger charge is 2.20. The molecule has 0 fully saturated rings. The van der Waals surface area contributed by atoms with E-state index >= 15 is 0 Å². The van der Waals surface area contributed by atoms with Crippen LogP contribution >= 0.6 is 0 Å². The molecular formula is C16H21N3O2. The van der Waals surface area contributed by atoms with Gasteiger partial charge in [-0.3, -0.25) is 4.68 Å². The largest absolute Gasteiger partial charge is 0.493 e. The molecule has 0 aliphatic carbocycles. The Labute approximate surface area is 124 Å². The third-order valence-electron chi connectivity index (χ3n) is 3.74. The monoisotopic (exact) mass is 287 g/mol. The summed E-state index contributed by atoms with van der Waals surface area (Å²) in [4.78, 5) is 0. The summed E-state index contributed by atoms with van der Waals surface area (Å²) in [5, 5.41) is 16.7. The van der Waals surface area contributed by atoms with Gasteiger partial charge in [0.15, 0.2) is 0 Å². The van der Waals surface area contributed by atoms with Gasteiger partial charge in [-0.2, -0.15) is 5.10 Å². The second-order valence-electron chi connectivity index (χ2n) is 5.44. The van der Waals surface area contributed by atoms with E-state index in [0.29, 0.717) is 6.54 Å². The summed E-state index contributed by atoms with van der Waals surface area (Å²) in [7, 11) is 0. The van der Waals surface area contributed by atoms with Crippen LogP contribution in [0.4, 0.5) is 5.69 Å². The molecule has 2 heterocycles. The first-order chi connectivity index (χ1) is 10.3. The van der Waals surface area contributed by atoms with Gasteiger partial charge >= 0.3 is 0 Å². The number of hydrogen-bond acceptors (Lipinski definition) is 4. The Kier molecular flexibility index (Phi) is 4.10.